The fourth-order valence-electron chi connectivity index (χ4n) is 1.77. The number of sulfonamides is 1. The van der Waals surface area contributed by atoms with Crippen molar-refractivity contribution in [2.24, 2.45) is 0 Å². The van der Waals surface area contributed by atoms with E-state index in [0.717, 1.165) is 17.7 Å². The predicted octanol–water partition coefficient (Wildman–Crippen LogP) is 3.62. The van der Waals surface area contributed by atoms with Crippen LogP contribution in [0.15, 0.2) is 33.9 Å². The lowest BCUT2D eigenvalue weighted by atomic mass is 10.2. The van der Waals surface area contributed by atoms with Crippen molar-refractivity contribution in [2.45, 2.75) is 24.6 Å². The van der Waals surface area contributed by atoms with Crippen molar-refractivity contribution in [3.63, 3.8) is 0 Å². The molecule has 0 saturated carbocycles. The Bertz CT molecular complexity index is 726. The largest absolute Gasteiger partial charge is 0.313 e. The van der Waals surface area contributed by atoms with Crippen molar-refractivity contribution in [1.82, 2.24) is 5.32 Å². The Labute approximate surface area is 134 Å². The third kappa shape index (κ3) is 4.20. The van der Waals surface area contributed by atoms with Crippen LogP contribution in [0.1, 0.15) is 18.1 Å². The number of benzene rings is 1. The Morgan fingerprint density at radius 3 is 2.76 bits per heavy atom. The first kappa shape index (κ1) is 16.3. The van der Waals surface area contributed by atoms with Crippen LogP contribution in [0, 0.1) is 6.92 Å². The van der Waals surface area contributed by atoms with Crippen LogP contribution in [0.4, 0.5) is 5.69 Å². The van der Waals surface area contributed by atoms with Crippen LogP contribution < -0.4 is 10.0 Å². The van der Waals surface area contributed by atoms with E-state index in [2.05, 4.69) is 10.0 Å². The molecule has 1 aromatic carbocycles. The van der Waals surface area contributed by atoms with Crippen molar-refractivity contribution >= 4 is 38.6 Å². The molecule has 0 fully saturated rings. The van der Waals surface area contributed by atoms with Crippen LogP contribution in [0.2, 0.25) is 5.02 Å². The Kier molecular flexibility index (Phi) is 5.27. The zero-order chi connectivity index (χ0) is 15.5. The van der Waals surface area contributed by atoms with Gasteiger partial charge < -0.3 is 5.32 Å². The minimum atomic E-state index is -3.60. The molecule has 0 radical (unpaired) electrons. The summed E-state index contributed by atoms with van der Waals surface area (Å²) in [5, 5.41) is 5.39. The average Bonchev–Trinajstić information content (AvgIpc) is 2.90. The second kappa shape index (κ2) is 6.79. The number of hydrogen-bond acceptors (Lipinski definition) is 4. The van der Waals surface area contributed by atoms with Crippen molar-refractivity contribution < 1.29 is 8.42 Å². The molecule has 2 N–H and O–H groups in total. The molecule has 2 rings (SSSR count). The summed E-state index contributed by atoms with van der Waals surface area (Å²) in [4.78, 5) is 0. The molecule has 0 aliphatic carbocycles. The molecule has 4 nitrogen and oxygen atoms in total. The number of thiophene rings is 1. The molecule has 0 bridgehead atoms. The molecule has 7 heteroatoms. The zero-order valence-electron chi connectivity index (χ0n) is 11.8. The predicted molar refractivity (Wildman–Crippen MR) is 88.7 cm³/mol. The molecule has 1 heterocycles. The maximum Gasteiger partial charge on any atom is 0.271 e. The molecule has 0 saturated heterocycles. The van der Waals surface area contributed by atoms with Crippen LogP contribution in [0.5, 0.6) is 0 Å². The van der Waals surface area contributed by atoms with Gasteiger partial charge in [0.2, 0.25) is 0 Å². The minimum absolute atomic E-state index is 0.285. The lowest BCUT2D eigenvalue weighted by Gasteiger charge is -2.08. The molecule has 1 aromatic heterocycles. The lowest BCUT2D eigenvalue weighted by Crippen LogP contribution is -2.13. The van der Waals surface area contributed by atoms with Gasteiger partial charge in [0.05, 0.1) is 10.7 Å². The van der Waals surface area contributed by atoms with Crippen LogP contribution in [-0.4, -0.2) is 15.0 Å². The molecular formula is C14H17ClN2O2S2. The Morgan fingerprint density at radius 2 is 2.05 bits per heavy atom. The summed E-state index contributed by atoms with van der Waals surface area (Å²) in [6.45, 7) is 5.39. The summed E-state index contributed by atoms with van der Waals surface area (Å²) in [7, 11) is -3.60. The van der Waals surface area contributed by atoms with E-state index in [4.69, 9.17) is 11.6 Å². The van der Waals surface area contributed by atoms with Gasteiger partial charge in [-0.2, -0.15) is 0 Å². The number of rotatable bonds is 6. The Morgan fingerprint density at radius 1 is 1.29 bits per heavy atom. The fraction of sp³-hybridized carbons (Fsp3) is 0.286. The van der Waals surface area contributed by atoms with Crippen LogP contribution in [0.25, 0.3) is 0 Å². The highest BCUT2D eigenvalue weighted by Crippen LogP contribution is 2.28. The van der Waals surface area contributed by atoms with E-state index >= 15 is 0 Å². The van der Waals surface area contributed by atoms with Gasteiger partial charge in [-0.1, -0.05) is 24.6 Å². The molecular weight excluding hydrogens is 328 g/mol. The highest BCUT2D eigenvalue weighted by Gasteiger charge is 2.18. The van der Waals surface area contributed by atoms with Crippen molar-refractivity contribution in [1.29, 1.82) is 0 Å². The standard InChI is InChI=1S/C14H17ClN2O2S2/c1-3-16-8-11-7-14(20-9-11)21(18,19)17-13-6-10(2)4-5-12(13)15/h4-7,9,16-17H,3,8H2,1-2H3. The number of anilines is 1. The van der Waals surface area contributed by atoms with E-state index in [0.29, 0.717) is 17.3 Å². The fourth-order valence-corrected chi connectivity index (χ4v) is 4.27. The van der Waals surface area contributed by atoms with Gasteiger partial charge in [0.25, 0.3) is 10.0 Å². The summed E-state index contributed by atoms with van der Waals surface area (Å²) < 4.78 is 27.6. The van der Waals surface area contributed by atoms with E-state index in [9.17, 15) is 8.42 Å². The summed E-state index contributed by atoms with van der Waals surface area (Å²) in [6, 6.07) is 6.91. The van der Waals surface area contributed by atoms with Crippen LogP contribution >= 0.6 is 22.9 Å². The first-order valence-corrected chi connectivity index (χ1v) is 9.23. The maximum absolute atomic E-state index is 12.4. The number of nitrogens with one attached hydrogen (secondary N) is 2. The van der Waals surface area contributed by atoms with Crippen molar-refractivity contribution in [2.75, 3.05) is 11.3 Å². The van der Waals surface area contributed by atoms with E-state index in [1.54, 1.807) is 18.2 Å². The summed E-state index contributed by atoms with van der Waals surface area (Å²) in [5.74, 6) is 0. The zero-order valence-corrected chi connectivity index (χ0v) is 14.2. The smallest absolute Gasteiger partial charge is 0.271 e. The Hall–Kier alpha value is -1.08. The topological polar surface area (TPSA) is 58.2 Å². The molecule has 0 aliphatic heterocycles. The third-order valence-electron chi connectivity index (χ3n) is 2.84. The van der Waals surface area contributed by atoms with Crippen molar-refractivity contribution in [3.05, 3.63) is 45.8 Å². The first-order valence-electron chi connectivity index (χ1n) is 6.49. The van der Waals surface area contributed by atoms with E-state index < -0.39 is 10.0 Å². The number of hydrogen-bond donors (Lipinski definition) is 2. The van der Waals surface area contributed by atoms with Crippen LogP contribution in [0.3, 0.4) is 0 Å². The third-order valence-corrected chi connectivity index (χ3v) is 6.02. The van der Waals surface area contributed by atoms with Gasteiger partial charge in [-0.25, -0.2) is 8.42 Å². The maximum atomic E-state index is 12.4. The highest BCUT2D eigenvalue weighted by molar-refractivity contribution is 7.94. The SMILES string of the molecule is CCNCc1csc(S(=O)(=O)Nc2cc(C)ccc2Cl)c1. The quantitative estimate of drug-likeness (QED) is 0.841. The summed E-state index contributed by atoms with van der Waals surface area (Å²) in [6.07, 6.45) is 0. The molecule has 2 aromatic rings. The molecule has 114 valence electrons. The second-order valence-electron chi connectivity index (χ2n) is 4.64. The Balaban J connectivity index is 2.22. The molecule has 0 amide bonds. The van der Waals surface area contributed by atoms with Crippen molar-refractivity contribution in [3.8, 4) is 0 Å². The molecule has 0 spiro atoms. The average molecular weight is 345 g/mol. The normalized spacial score (nSPS) is 11.6. The van der Waals surface area contributed by atoms with Crippen LogP contribution in [-0.2, 0) is 16.6 Å². The minimum Gasteiger partial charge on any atom is -0.313 e. The highest BCUT2D eigenvalue weighted by atomic mass is 35.5. The van der Waals surface area contributed by atoms with Gasteiger partial charge in [-0.3, -0.25) is 4.72 Å². The summed E-state index contributed by atoms with van der Waals surface area (Å²) in [5.41, 5.74) is 2.30. The summed E-state index contributed by atoms with van der Waals surface area (Å²) >= 11 is 7.23. The van der Waals surface area contributed by atoms with Gasteiger partial charge in [-0.15, -0.1) is 11.3 Å². The van der Waals surface area contributed by atoms with Gasteiger partial charge in [0.15, 0.2) is 0 Å². The van der Waals surface area contributed by atoms with E-state index in [-0.39, 0.29) is 4.21 Å². The van der Waals surface area contributed by atoms with E-state index in [1.165, 1.54) is 11.3 Å². The second-order valence-corrected chi connectivity index (χ2v) is 7.87. The van der Waals surface area contributed by atoms with Gasteiger partial charge in [0, 0.05) is 6.54 Å². The monoisotopic (exact) mass is 344 g/mol. The number of aryl methyl sites for hydroxylation is 1. The first-order chi connectivity index (χ1) is 9.92. The van der Waals surface area contributed by atoms with E-state index in [1.807, 2.05) is 25.3 Å². The molecule has 0 unspecified atom stereocenters. The molecule has 0 aliphatic rings. The molecule has 0 atom stereocenters. The van der Waals surface area contributed by atoms with Gasteiger partial charge in [-0.05, 0) is 48.2 Å². The van der Waals surface area contributed by atoms with Gasteiger partial charge >= 0.3 is 0 Å². The van der Waals surface area contributed by atoms with Gasteiger partial charge in [0.1, 0.15) is 4.21 Å². The molecule has 21 heavy (non-hydrogen) atoms. The number of halogens is 1. The lowest BCUT2D eigenvalue weighted by molar-refractivity contribution is 0.603.